The first kappa shape index (κ1) is 14.4. The third kappa shape index (κ3) is 3.11. The van der Waals surface area contributed by atoms with Gasteiger partial charge in [-0.25, -0.2) is 4.98 Å². The van der Waals surface area contributed by atoms with Gasteiger partial charge in [-0.2, -0.15) is 0 Å². The van der Waals surface area contributed by atoms with Gasteiger partial charge in [-0.15, -0.1) is 0 Å². The van der Waals surface area contributed by atoms with E-state index < -0.39 is 15.7 Å². The molecule has 0 saturated heterocycles. The molecule has 0 aliphatic rings. The van der Waals surface area contributed by atoms with Crippen LogP contribution >= 0.6 is 0 Å². The third-order valence-corrected chi connectivity index (χ3v) is 3.80. The maximum Gasteiger partial charge on any atom is 0.311 e. The second-order valence-corrected chi connectivity index (χ2v) is 6.06. The molecular weight excluding hydrogens is 278 g/mol. The first-order chi connectivity index (χ1) is 9.49. The van der Waals surface area contributed by atoms with Gasteiger partial charge in [0.25, 0.3) is 0 Å². The summed E-state index contributed by atoms with van der Waals surface area (Å²) in [6.45, 7) is 1.85. The summed E-state index contributed by atoms with van der Waals surface area (Å²) >= 11 is 0. The van der Waals surface area contributed by atoms with Gasteiger partial charge >= 0.3 is 5.69 Å². The predicted molar refractivity (Wildman–Crippen MR) is 80.4 cm³/mol. The molecular formula is C13H15N3O3S. The predicted octanol–water partition coefficient (Wildman–Crippen LogP) is 2.32. The third-order valence-electron chi connectivity index (χ3n) is 2.83. The number of fused-ring (bicyclic) bond motifs is 1. The van der Waals surface area contributed by atoms with Crippen molar-refractivity contribution in [2.75, 3.05) is 17.3 Å². The molecule has 0 saturated carbocycles. The number of anilines is 1. The highest BCUT2D eigenvalue weighted by Crippen LogP contribution is 2.31. The molecule has 0 amide bonds. The minimum absolute atomic E-state index is 0.0718. The van der Waals surface area contributed by atoms with E-state index in [-0.39, 0.29) is 11.7 Å². The molecule has 0 bridgehead atoms. The molecule has 1 N–H and O–H groups in total. The summed E-state index contributed by atoms with van der Waals surface area (Å²) in [6, 6.07) is 7.09. The summed E-state index contributed by atoms with van der Waals surface area (Å²) in [6.07, 6.45) is 2.86. The maximum atomic E-state index is 11.3. The van der Waals surface area contributed by atoms with Crippen molar-refractivity contribution in [3.05, 3.63) is 40.6 Å². The molecule has 2 unspecified atom stereocenters. The fourth-order valence-electron chi connectivity index (χ4n) is 2.06. The first-order valence-corrected chi connectivity index (χ1v) is 7.80. The lowest BCUT2D eigenvalue weighted by Gasteiger charge is -2.15. The minimum atomic E-state index is -0.968. The summed E-state index contributed by atoms with van der Waals surface area (Å²) in [5.74, 6) is 0.424. The number of nitro groups is 1. The normalized spacial score (nSPS) is 13.9. The smallest absolute Gasteiger partial charge is 0.311 e. The lowest BCUT2D eigenvalue weighted by atomic mass is 10.1. The van der Waals surface area contributed by atoms with Gasteiger partial charge in [-0.1, -0.05) is 18.2 Å². The van der Waals surface area contributed by atoms with Crippen LogP contribution < -0.4 is 5.32 Å². The molecule has 1 aromatic carbocycles. The summed E-state index contributed by atoms with van der Waals surface area (Å²) in [7, 11) is -0.968. The molecule has 2 atom stereocenters. The van der Waals surface area contributed by atoms with Crippen LogP contribution in [0.3, 0.4) is 0 Å². The number of pyridine rings is 1. The summed E-state index contributed by atoms with van der Waals surface area (Å²) < 4.78 is 11.3. The quantitative estimate of drug-likeness (QED) is 0.675. The van der Waals surface area contributed by atoms with Crippen molar-refractivity contribution in [2.24, 2.45) is 0 Å². The molecule has 6 nitrogen and oxygen atoms in total. The van der Waals surface area contributed by atoms with Crippen LogP contribution in [0, 0.1) is 10.1 Å². The number of benzene rings is 1. The molecule has 0 aliphatic carbocycles. The number of nitrogens with one attached hydrogen (secondary N) is 1. The van der Waals surface area contributed by atoms with Crippen molar-refractivity contribution >= 4 is 33.1 Å². The van der Waals surface area contributed by atoms with Crippen LogP contribution in [0.1, 0.15) is 6.92 Å². The maximum absolute atomic E-state index is 11.3. The summed E-state index contributed by atoms with van der Waals surface area (Å²) in [4.78, 5) is 14.8. The van der Waals surface area contributed by atoms with E-state index in [0.29, 0.717) is 22.3 Å². The zero-order chi connectivity index (χ0) is 14.7. The molecule has 20 heavy (non-hydrogen) atoms. The molecule has 0 radical (unpaired) electrons. The number of hydrogen-bond donors (Lipinski definition) is 1. The molecule has 0 fully saturated rings. The van der Waals surface area contributed by atoms with E-state index in [1.807, 2.05) is 19.1 Å². The Kier molecular flexibility index (Phi) is 4.29. The highest BCUT2D eigenvalue weighted by Gasteiger charge is 2.19. The zero-order valence-corrected chi connectivity index (χ0v) is 12.0. The van der Waals surface area contributed by atoms with Crippen molar-refractivity contribution in [3.8, 4) is 0 Å². The van der Waals surface area contributed by atoms with Crippen molar-refractivity contribution in [3.63, 3.8) is 0 Å². The molecule has 2 aromatic rings. The summed E-state index contributed by atoms with van der Waals surface area (Å²) in [5, 5.41) is 14.9. The van der Waals surface area contributed by atoms with E-state index in [0.717, 1.165) is 0 Å². The van der Waals surface area contributed by atoms with Crippen LogP contribution in [0.15, 0.2) is 30.5 Å². The van der Waals surface area contributed by atoms with Crippen LogP contribution in [0.2, 0.25) is 0 Å². The van der Waals surface area contributed by atoms with E-state index >= 15 is 0 Å². The van der Waals surface area contributed by atoms with Crippen LogP contribution in [-0.2, 0) is 10.8 Å². The Labute approximate surface area is 118 Å². The highest BCUT2D eigenvalue weighted by atomic mass is 32.2. The van der Waals surface area contributed by atoms with Gasteiger partial charge in [0.15, 0.2) is 0 Å². The van der Waals surface area contributed by atoms with E-state index in [4.69, 9.17) is 0 Å². The molecule has 106 valence electrons. The van der Waals surface area contributed by atoms with Crippen molar-refractivity contribution in [1.82, 2.24) is 4.98 Å². The fourth-order valence-corrected chi connectivity index (χ4v) is 2.85. The first-order valence-electron chi connectivity index (χ1n) is 6.07. The van der Waals surface area contributed by atoms with Crippen molar-refractivity contribution in [2.45, 2.75) is 13.0 Å². The van der Waals surface area contributed by atoms with Crippen LogP contribution in [0.25, 0.3) is 10.9 Å². The molecule has 2 rings (SSSR count). The largest absolute Gasteiger partial charge is 0.376 e. The lowest BCUT2D eigenvalue weighted by molar-refractivity contribution is -0.384. The average molecular weight is 293 g/mol. The van der Waals surface area contributed by atoms with Gasteiger partial charge in [0, 0.05) is 34.2 Å². The molecule has 7 heteroatoms. The lowest BCUT2D eigenvalue weighted by Crippen LogP contribution is -2.23. The number of aromatic nitrogens is 1. The van der Waals surface area contributed by atoms with Gasteiger partial charge in [-0.3, -0.25) is 14.3 Å². The van der Waals surface area contributed by atoms with E-state index in [2.05, 4.69) is 10.3 Å². The van der Waals surface area contributed by atoms with Crippen molar-refractivity contribution < 1.29 is 9.13 Å². The molecule has 0 aliphatic heterocycles. The molecule has 1 aromatic heterocycles. The van der Waals surface area contributed by atoms with Crippen LogP contribution in [-0.4, -0.2) is 32.2 Å². The van der Waals surface area contributed by atoms with Gasteiger partial charge in [0.1, 0.15) is 11.9 Å². The Balaban J connectivity index is 2.49. The standard InChI is InChI=1S/C13H15N3O3S/c1-9(8-20(2)19)15-13-10-5-3-4-6-11(10)14-7-12(13)16(17)18/h3-7,9H,8H2,1-2H3,(H,14,15). The highest BCUT2D eigenvalue weighted by molar-refractivity contribution is 7.84. The van der Waals surface area contributed by atoms with Gasteiger partial charge < -0.3 is 5.32 Å². The second-order valence-electron chi connectivity index (χ2n) is 4.58. The number of para-hydroxylation sites is 1. The van der Waals surface area contributed by atoms with E-state index in [1.54, 1.807) is 18.4 Å². The zero-order valence-electron chi connectivity index (χ0n) is 11.2. The monoisotopic (exact) mass is 293 g/mol. The molecule has 0 spiro atoms. The van der Waals surface area contributed by atoms with Gasteiger partial charge in [0.05, 0.1) is 10.4 Å². The number of nitrogens with zero attached hydrogens (tertiary/aromatic N) is 2. The summed E-state index contributed by atoms with van der Waals surface area (Å²) in [5.41, 5.74) is 1.04. The fraction of sp³-hybridized carbons (Fsp3) is 0.308. The average Bonchev–Trinajstić information content (AvgIpc) is 2.37. The topological polar surface area (TPSA) is 85.1 Å². The van der Waals surface area contributed by atoms with Gasteiger partial charge in [0.2, 0.25) is 0 Å². The van der Waals surface area contributed by atoms with Crippen LogP contribution in [0.4, 0.5) is 11.4 Å². The Hall–Kier alpha value is -2.02. The SMILES string of the molecule is CC(CS(C)=O)Nc1c([N+](=O)[O-])cnc2ccccc12. The molecule has 1 heterocycles. The number of rotatable bonds is 5. The van der Waals surface area contributed by atoms with Crippen LogP contribution in [0.5, 0.6) is 0 Å². The van der Waals surface area contributed by atoms with E-state index in [1.165, 1.54) is 6.20 Å². The van der Waals surface area contributed by atoms with Crippen molar-refractivity contribution in [1.29, 1.82) is 0 Å². The second kappa shape index (κ2) is 5.96. The van der Waals surface area contributed by atoms with Gasteiger partial charge in [-0.05, 0) is 13.0 Å². The Morgan fingerprint density at radius 1 is 1.45 bits per heavy atom. The Morgan fingerprint density at radius 3 is 2.80 bits per heavy atom. The van der Waals surface area contributed by atoms with E-state index in [9.17, 15) is 14.3 Å². The Bertz CT molecular complexity index is 675. The minimum Gasteiger partial charge on any atom is -0.376 e. The number of hydrogen-bond acceptors (Lipinski definition) is 5. The Morgan fingerprint density at radius 2 is 2.15 bits per heavy atom.